The number of hydrogen-bond acceptors (Lipinski definition) is 4. The molecule has 4 heteroatoms. The molecule has 11 rings (SSSR count). The van der Waals surface area contributed by atoms with E-state index in [0.717, 1.165) is 33.1 Å². The quantitative estimate of drug-likeness (QED) is 0.176. The van der Waals surface area contributed by atoms with Crippen molar-refractivity contribution in [2.24, 2.45) is 0 Å². The second-order valence-corrected chi connectivity index (χ2v) is 16.8. The Morgan fingerprint density at radius 3 is 2.04 bits per heavy atom. The van der Waals surface area contributed by atoms with Gasteiger partial charge in [0.05, 0.1) is 15.1 Å². The molecule has 0 amide bonds. The zero-order valence-electron chi connectivity index (χ0n) is 29.9. The fourth-order valence-electron chi connectivity index (χ4n) is 8.66. The maximum absolute atomic E-state index is 5.49. The standard InChI is InChI=1S/C50H34N2S2/c1-50(2)42-21-10-8-18-38(42)40-29-35(27-28-43(40)50)52(34-25-23-32(24-26-34)37-20-12-16-31-13-6-7-17-36(31)37)47-46-45(54-49(51-46)33-14-4-3-5-15-33)30-41-39-19-9-11-22-44(39)53-48(41)47/h3-30H,1-2H3. The minimum atomic E-state index is -0.0757. The van der Waals surface area contributed by atoms with Crippen LogP contribution in [0.15, 0.2) is 170 Å². The predicted octanol–water partition coefficient (Wildman–Crippen LogP) is 14.9. The first-order valence-corrected chi connectivity index (χ1v) is 20.1. The maximum Gasteiger partial charge on any atom is 0.124 e. The van der Waals surface area contributed by atoms with Crippen LogP contribution in [0.2, 0.25) is 0 Å². The summed E-state index contributed by atoms with van der Waals surface area (Å²) < 4.78 is 3.71. The molecule has 2 nitrogen and oxygen atoms in total. The van der Waals surface area contributed by atoms with Gasteiger partial charge in [-0.05, 0) is 80.6 Å². The van der Waals surface area contributed by atoms with Crippen molar-refractivity contribution in [1.29, 1.82) is 0 Å². The lowest BCUT2D eigenvalue weighted by atomic mass is 9.82. The molecule has 0 spiro atoms. The zero-order chi connectivity index (χ0) is 36.0. The molecular formula is C50H34N2S2. The highest BCUT2D eigenvalue weighted by Crippen LogP contribution is 2.54. The molecule has 256 valence electrons. The van der Waals surface area contributed by atoms with Crippen molar-refractivity contribution in [2.75, 3.05) is 4.90 Å². The maximum atomic E-state index is 5.49. The lowest BCUT2D eigenvalue weighted by molar-refractivity contribution is 0.660. The van der Waals surface area contributed by atoms with Gasteiger partial charge in [-0.15, -0.1) is 22.7 Å². The summed E-state index contributed by atoms with van der Waals surface area (Å²) in [6.45, 7) is 4.70. The number of aromatic nitrogens is 1. The Labute approximate surface area is 322 Å². The second kappa shape index (κ2) is 12.0. The lowest BCUT2D eigenvalue weighted by Crippen LogP contribution is -2.15. The third kappa shape index (κ3) is 4.74. The number of anilines is 3. The van der Waals surface area contributed by atoms with E-state index in [0.29, 0.717) is 0 Å². The number of nitrogens with zero attached hydrogens (tertiary/aromatic N) is 2. The normalized spacial score (nSPS) is 13.1. The van der Waals surface area contributed by atoms with Gasteiger partial charge in [-0.3, -0.25) is 0 Å². The van der Waals surface area contributed by atoms with E-state index in [4.69, 9.17) is 4.98 Å². The Balaban J connectivity index is 1.20. The monoisotopic (exact) mass is 726 g/mol. The smallest absolute Gasteiger partial charge is 0.124 e. The van der Waals surface area contributed by atoms with Gasteiger partial charge in [0.1, 0.15) is 10.5 Å². The van der Waals surface area contributed by atoms with E-state index in [9.17, 15) is 0 Å². The number of hydrogen-bond donors (Lipinski definition) is 0. The molecule has 0 saturated heterocycles. The van der Waals surface area contributed by atoms with Gasteiger partial charge >= 0.3 is 0 Å². The molecule has 2 aromatic heterocycles. The first kappa shape index (κ1) is 31.5. The Bertz CT molecular complexity index is 3070. The molecule has 0 bridgehead atoms. The van der Waals surface area contributed by atoms with Crippen molar-refractivity contribution in [3.63, 3.8) is 0 Å². The molecule has 0 unspecified atom stereocenters. The van der Waals surface area contributed by atoms with Crippen molar-refractivity contribution in [2.45, 2.75) is 19.3 Å². The Kier molecular flexibility index (Phi) is 6.97. The fraction of sp³-hybridized carbons (Fsp3) is 0.0600. The van der Waals surface area contributed by atoms with Crippen molar-refractivity contribution in [1.82, 2.24) is 4.98 Å². The van der Waals surface area contributed by atoms with Gasteiger partial charge in [-0.2, -0.15) is 0 Å². The number of rotatable bonds is 5. The topological polar surface area (TPSA) is 16.1 Å². The van der Waals surface area contributed by atoms with E-state index in [1.807, 2.05) is 11.3 Å². The zero-order valence-corrected chi connectivity index (χ0v) is 31.5. The van der Waals surface area contributed by atoms with Crippen LogP contribution in [0.25, 0.3) is 74.0 Å². The number of fused-ring (bicyclic) bond motifs is 8. The summed E-state index contributed by atoms with van der Waals surface area (Å²) in [7, 11) is 0. The Morgan fingerprint density at radius 1 is 0.481 bits per heavy atom. The minimum Gasteiger partial charge on any atom is -0.307 e. The van der Waals surface area contributed by atoms with Crippen LogP contribution in [-0.4, -0.2) is 4.98 Å². The average Bonchev–Trinajstić information content (AvgIpc) is 3.89. The molecule has 0 N–H and O–H groups in total. The number of thiazole rings is 1. The van der Waals surface area contributed by atoms with E-state index in [1.54, 1.807) is 11.3 Å². The Hall–Kier alpha value is -6.07. The van der Waals surface area contributed by atoms with Crippen LogP contribution in [0.1, 0.15) is 25.0 Å². The van der Waals surface area contributed by atoms with Gasteiger partial charge in [-0.1, -0.05) is 147 Å². The average molecular weight is 727 g/mol. The first-order valence-electron chi connectivity index (χ1n) is 18.5. The van der Waals surface area contributed by atoms with Gasteiger partial charge < -0.3 is 4.90 Å². The van der Waals surface area contributed by atoms with Crippen LogP contribution in [0.5, 0.6) is 0 Å². The van der Waals surface area contributed by atoms with Gasteiger partial charge in [0.25, 0.3) is 0 Å². The van der Waals surface area contributed by atoms with Crippen LogP contribution >= 0.6 is 22.7 Å². The summed E-state index contributed by atoms with van der Waals surface area (Å²) in [5, 5.41) is 6.10. The highest BCUT2D eigenvalue weighted by Gasteiger charge is 2.36. The Morgan fingerprint density at radius 2 is 1.17 bits per heavy atom. The third-order valence-electron chi connectivity index (χ3n) is 11.3. The van der Waals surface area contributed by atoms with Crippen molar-refractivity contribution < 1.29 is 0 Å². The lowest BCUT2D eigenvalue weighted by Gasteiger charge is -2.28. The van der Waals surface area contributed by atoms with Crippen LogP contribution < -0.4 is 4.90 Å². The van der Waals surface area contributed by atoms with Crippen molar-refractivity contribution in [3.05, 3.63) is 181 Å². The molecule has 10 aromatic rings. The summed E-state index contributed by atoms with van der Waals surface area (Å²) in [5.41, 5.74) is 13.2. The van der Waals surface area contributed by atoms with Crippen LogP contribution in [0.4, 0.5) is 17.1 Å². The van der Waals surface area contributed by atoms with Crippen LogP contribution in [0, 0.1) is 0 Å². The predicted molar refractivity (Wildman–Crippen MR) is 233 cm³/mol. The highest BCUT2D eigenvalue weighted by molar-refractivity contribution is 7.27. The van der Waals surface area contributed by atoms with E-state index in [2.05, 4.69) is 189 Å². The van der Waals surface area contributed by atoms with Gasteiger partial charge in [0, 0.05) is 37.8 Å². The molecular weight excluding hydrogens is 693 g/mol. The van der Waals surface area contributed by atoms with Crippen molar-refractivity contribution in [3.8, 4) is 32.8 Å². The van der Waals surface area contributed by atoms with Crippen LogP contribution in [-0.2, 0) is 5.41 Å². The van der Waals surface area contributed by atoms with Crippen LogP contribution in [0.3, 0.4) is 0 Å². The fourth-order valence-corrected chi connectivity index (χ4v) is 10.9. The molecule has 0 aliphatic heterocycles. The van der Waals surface area contributed by atoms with Crippen molar-refractivity contribution >= 4 is 80.9 Å². The van der Waals surface area contributed by atoms with Gasteiger partial charge in [-0.25, -0.2) is 4.98 Å². The highest BCUT2D eigenvalue weighted by atomic mass is 32.1. The van der Waals surface area contributed by atoms with E-state index < -0.39 is 0 Å². The summed E-state index contributed by atoms with van der Waals surface area (Å²) in [6.07, 6.45) is 0. The van der Waals surface area contributed by atoms with E-state index in [1.165, 1.54) is 69.0 Å². The summed E-state index contributed by atoms with van der Waals surface area (Å²) >= 11 is 3.64. The second-order valence-electron chi connectivity index (χ2n) is 14.7. The molecule has 2 heterocycles. The molecule has 1 aliphatic rings. The van der Waals surface area contributed by atoms with Gasteiger partial charge in [0.15, 0.2) is 0 Å². The van der Waals surface area contributed by atoms with E-state index >= 15 is 0 Å². The molecule has 8 aromatic carbocycles. The molecule has 0 fully saturated rings. The third-order valence-corrected chi connectivity index (χ3v) is 13.5. The minimum absolute atomic E-state index is 0.0757. The molecule has 1 aliphatic carbocycles. The molecule has 54 heavy (non-hydrogen) atoms. The molecule has 0 saturated carbocycles. The largest absolute Gasteiger partial charge is 0.307 e. The number of benzene rings is 8. The van der Waals surface area contributed by atoms with Gasteiger partial charge in [0.2, 0.25) is 0 Å². The summed E-state index contributed by atoms with van der Waals surface area (Å²) in [4.78, 5) is 7.97. The molecule has 0 radical (unpaired) electrons. The molecule has 0 atom stereocenters. The SMILES string of the molecule is CC1(C)c2ccccc2-c2cc(N(c3ccc(-c4cccc5ccccc45)cc3)c3c4nc(-c5ccccc5)sc4cc4c3sc3ccccc34)ccc21. The summed E-state index contributed by atoms with van der Waals surface area (Å²) in [5.74, 6) is 0. The van der Waals surface area contributed by atoms with E-state index in [-0.39, 0.29) is 5.41 Å². The first-order chi connectivity index (χ1) is 26.5. The number of thiophene rings is 1. The summed E-state index contributed by atoms with van der Waals surface area (Å²) in [6, 6.07) is 62.2.